The number of sulfonamides is 1. The molecule has 0 radical (unpaired) electrons. The van der Waals surface area contributed by atoms with E-state index in [1.807, 2.05) is 45.0 Å². The number of aryl methyl sites for hydroxylation is 1. The summed E-state index contributed by atoms with van der Waals surface area (Å²) < 4.78 is 34.1. The summed E-state index contributed by atoms with van der Waals surface area (Å²) in [6.45, 7) is 6.04. The lowest BCUT2D eigenvalue weighted by atomic mass is 10.1. The fourth-order valence-corrected chi connectivity index (χ4v) is 5.76. The molecule has 3 aromatic carbocycles. The molecule has 0 bridgehead atoms. The van der Waals surface area contributed by atoms with Crippen molar-refractivity contribution in [3.63, 3.8) is 0 Å². The van der Waals surface area contributed by atoms with Gasteiger partial charge in [0, 0.05) is 19.2 Å². The number of hydrogen-bond donors (Lipinski definition) is 1. The number of methoxy groups -OCH3 is 1. The van der Waals surface area contributed by atoms with Crippen LogP contribution in [0.1, 0.15) is 44.2 Å². The largest absolute Gasteiger partial charge is 0.497 e. The summed E-state index contributed by atoms with van der Waals surface area (Å²) in [7, 11) is -2.63. The number of hydrogen-bond acceptors (Lipinski definition) is 5. The van der Waals surface area contributed by atoms with Crippen LogP contribution in [0.4, 0.5) is 5.69 Å². The van der Waals surface area contributed by atoms with Gasteiger partial charge in [0.25, 0.3) is 10.0 Å². The van der Waals surface area contributed by atoms with E-state index >= 15 is 0 Å². The first-order chi connectivity index (χ1) is 19.2. The van der Waals surface area contributed by atoms with Gasteiger partial charge in [-0.3, -0.25) is 13.9 Å². The maximum atomic E-state index is 14.1. The van der Waals surface area contributed by atoms with Crippen molar-refractivity contribution in [1.29, 1.82) is 0 Å². The molecule has 8 nitrogen and oxygen atoms in total. The molecule has 0 unspecified atom stereocenters. The minimum atomic E-state index is -4.13. The zero-order valence-electron chi connectivity index (χ0n) is 23.7. The molecule has 0 aromatic heterocycles. The molecule has 9 heteroatoms. The lowest BCUT2D eigenvalue weighted by Gasteiger charge is -2.33. The number of ether oxygens (including phenoxy) is 1. The van der Waals surface area contributed by atoms with Crippen LogP contribution in [-0.4, -0.2) is 51.4 Å². The SMILES string of the molecule is CCCCNC(=O)[C@@H](CC)N(Cc1ccc(C)cc1)C(=O)CN(c1cccc(OC)c1)S(=O)(=O)c1ccccc1. The van der Waals surface area contributed by atoms with Crippen LogP contribution >= 0.6 is 0 Å². The maximum absolute atomic E-state index is 14.1. The molecule has 0 aliphatic carbocycles. The highest BCUT2D eigenvalue weighted by molar-refractivity contribution is 7.92. The number of nitrogens with zero attached hydrogens (tertiary/aromatic N) is 2. The summed E-state index contributed by atoms with van der Waals surface area (Å²) in [5.74, 6) is -0.285. The number of nitrogens with one attached hydrogen (secondary N) is 1. The van der Waals surface area contributed by atoms with Gasteiger partial charge >= 0.3 is 0 Å². The van der Waals surface area contributed by atoms with Gasteiger partial charge in [-0.05, 0) is 49.6 Å². The van der Waals surface area contributed by atoms with Gasteiger partial charge < -0.3 is 15.0 Å². The smallest absolute Gasteiger partial charge is 0.264 e. The topological polar surface area (TPSA) is 96.0 Å². The molecular weight excluding hydrogens is 526 g/mol. The normalized spacial score (nSPS) is 11.9. The molecule has 1 atom stereocenters. The Hall–Kier alpha value is -3.85. The number of rotatable bonds is 14. The van der Waals surface area contributed by atoms with Gasteiger partial charge in [-0.1, -0.05) is 74.4 Å². The first-order valence-corrected chi connectivity index (χ1v) is 15.0. The molecule has 2 amide bonds. The minimum Gasteiger partial charge on any atom is -0.497 e. The highest BCUT2D eigenvalue weighted by Crippen LogP contribution is 2.27. The van der Waals surface area contributed by atoms with Gasteiger partial charge in [-0.15, -0.1) is 0 Å². The number of amides is 2. The molecule has 0 saturated heterocycles. The first-order valence-electron chi connectivity index (χ1n) is 13.6. The van der Waals surface area contributed by atoms with Crippen molar-refractivity contribution < 1.29 is 22.7 Å². The van der Waals surface area contributed by atoms with Crippen LogP contribution < -0.4 is 14.4 Å². The predicted octanol–water partition coefficient (Wildman–Crippen LogP) is 4.92. The second-order valence-electron chi connectivity index (χ2n) is 9.60. The third-order valence-electron chi connectivity index (χ3n) is 6.64. The van der Waals surface area contributed by atoms with E-state index in [2.05, 4.69) is 5.32 Å². The molecule has 0 spiro atoms. The van der Waals surface area contributed by atoms with Crippen molar-refractivity contribution in [3.8, 4) is 5.75 Å². The monoisotopic (exact) mass is 565 g/mol. The molecule has 0 fully saturated rings. The lowest BCUT2D eigenvalue weighted by molar-refractivity contribution is -0.140. The van der Waals surface area contributed by atoms with E-state index < -0.39 is 28.5 Å². The van der Waals surface area contributed by atoms with Gasteiger partial charge in [-0.25, -0.2) is 8.42 Å². The molecule has 3 aromatic rings. The average molecular weight is 566 g/mol. The van der Waals surface area contributed by atoms with Gasteiger partial charge in [0.1, 0.15) is 18.3 Å². The quantitative estimate of drug-likeness (QED) is 0.280. The van der Waals surface area contributed by atoms with Crippen molar-refractivity contribution in [2.75, 3.05) is 24.5 Å². The summed E-state index contributed by atoms with van der Waals surface area (Å²) in [6.07, 6.45) is 2.13. The van der Waals surface area contributed by atoms with Crippen LogP contribution in [-0.2, 0) is 26.2 Å². The molecule has 1 N–H and O–H groups in total. The standard InChI is InChI=1S/C31H39N3O5S/c1-5-7-20-32-31(36)29(6-2)33(22-25-18-16-24(3)17-19-25)30(35)23-34(26-12-11-13-27(21-26)39-4)40(37,38)28-14-9-8-10-15-28/h8-19,21,29H,5-7,20,22-23H2,1-4H3,(H,32,36)/t29-/m1/s1. The van der Waals surface area contributed by atoms with Crippen LogP contribution in [0.3, 0.4) is 0 Å². The fraction of sp³-hybridized carbons (Fsp3) is 0.355. The Kier molecular flexibility index (Phi) is 11.1. The Bertz CT molecular complexity index is 1360. The third-order valence-corrected chi connectivity index (χ3v) is 8.43. The Morgan fingerprint density at radius 1 is 0.950 bits per heavy atom. The molecule has 3 rings (SSSR count). The molecule has 214 valence electrons. The maximum Gasteiger partial charge on any atom is 0.264 e. The zero-order valence-corrected chi connectivity index (χ0v) is 24.5. The van der Waals surface area contributed by atoms with Gasteiger partial charge in [0.05, 0.1) is 17.7 Å². The summed E-state index contributed by atoms with van der Waals surface area (Å²) in [6, 6.07) is 21.5. The Morgan fingerprint density at radius 2 is 1.65 bits per heavy atom. The van der Waals surface area contributed by atoms with E-state index in [-0.39, 0.29) is 23.0 Å². The summed E-state index contributed by atoms with van der Waals surface area (Å²) in [5.41, 5.74) is 2.20. The van der Waals surface area contributed by atoms with E-state index in [1.165, 1.54) is 24.1 Å². The Balaban J connectivity index is 2.03. The second kappa shape index (κ2) is 14.5. The number of carbonyl (C=O) groups excluding carboxylic acids is 2. The third kappa shape index (κ3) is 7.85. The number of carbonyl (C=O) groups is 2. The number of unbranched alkanes of at least 4 members (excludes halogenated alkanes) is 1. The van der Waals surface area contributed by atoms with Crippen molar-refractivity contribution >= 4 is 27.5 Å². The Morgan fingerprint density at radius 3 is 2.27 bits per heavy atom. The average Bonchev–Trinajstić information content (AvgIpc) is 2.97. The van der Waals surface area contributed by atoms with Crippen LogP contribution in [0.15, 0.2) is 83.8 Å². The van der Waals surface area contributed by atoms with Crippen molar-refractivity contribution in [2.24, 2.45) is 0 Å². The molecule has 0 aliphatic rings. The minimum absolute atomic E-state index is 0.0556. The fourth-order valence-electron chi connectivity index (χ4n) is 4.33. The Labute approximate surface area is 238 Å². The van der Waals surface area contributed by atoms with E-state index in [0.717, 1.165) is 28.3 Å². The first kappa shape index (κ1) is 30.7. The zero-order chi connectivity index (χ0) is 29.1. The lowest BCUT2D eigenvalue weighted by Crippen LogP contribution is -2.52. The molecule has 0 saturated carbocycles. The number of anilines is 1. The predicted molar refractivity (Wildman–Crippen MR) is 158 cm³/mol. The molecule has 0 heterocycles. The second-order valence-corrected chi connectivity index (χ2v) is 11.5. The van der Waals surface area contributed by atoms with Crippen LogP contribution in [0, 0.1) is 6.92 Å². The summed E-state index contributed by atoms with van der Waals surface area (Å²) in [5, 5.41) is 2.94. The van der Waals surface area contributed by atoms with E-state index in [9.17, 15) is 18.0 Å². The van der Waals surface area contributed by atoms with Crippen molar-refractivity contribution in [3.05, 3.63) is 90.0 Å². The van der Waals surface area contributed by atoms with E-state index in [0.29, 0.717) is 18.7 Å². The van der Waals surface area contributed by atoms with Crippen LogP contribution in [0.5, 0.6) is 5.75 Å². The van der Waals surface area contributed by atoms with Crippen molar-refractivity contribution in [2.45, 2.75) is 57.5 Å². The molecule has 40 heavy (non-hydrogen) atoms. The molecular formula is C31H39N3O5S. The highest BCUT2D eigenvalue weighted by atomic mass is 32.2. The van der Waals surface area contributed by atoms with E-state index in [1.54, 1.807) is 42.5 Å². The number of benzene rings is 3. The van der Waals surface area contributed by atoms with Crippen molar-refractivity contribution in [1.82, 2.24) is 10.2 Å². The van der Waals surface area contributed by atoms with Gasteiger partial charge in [-0.2, -0.15) is 0 Å². The van der Waals surface area contributed by atoms with Crippen LogP contribution in [0.25, 0.3) is 0 Å². The van der Waals surface area contributed by atoms with Crippen LogP contribution in [0.2, 0.25) is 0 Å². The van der Waals surface area contributed by atoms with Gasteiger partial charge in [0.2, 0.25) is 11.8 Å². The van der Waals surface area contributed by atoms with Gasteiger partial charge in [0.15, 0.2) is 0 Å². The summed E-state index contributed by atoms with van der Waals surface area (Å²) >= 11 is 0. The molecule has 0 aliphatic heterocycles. The highest BCUT2D eigenvalue weighted by Gasteiger charge is 2.33. The summed E-state index contributed by atoms with van der Waals surface area (Å²) in [4.78, 5) is 28.9. The van der Waals surface area contributed by atoms with E-state index in [4.69, 9.17) is 4.74 Å².